The zero-order valence-corrected chi connectivity index (χ0v) is 13.4. The summed E-state index contributed by atoms with van der Waals surface area (Å²) in [6.07, 6.45) is 6.42. The Kier molecular flexibility index (Phi) is 5.86. The van der Waals surface area contributed by atoms with Gasteiger partial charge in [0, 0.05) is 22.9 Å². The van der Waals surface area contributed by atoms with E-state index in [0.717, 1.165) is 12.8 Å². The van der Waals surface area contributed by atoms with E-state index in [2.05, 4.69) is 5.32 Å². The van der Waals surface area contributed by atoms with Crippen LogP contribution >= 0.6 is 23.2 Å². The third-order valence-electron chi connectivity index (χ3n) is 3.56. The Bertz CT molecular complexity index is 581. The number of carbonyl (C=O) groups excluding carboxylic acids is 1. The van der Waals surface area contributed by atoms with Crippen LogP contribution in [0.4, 0.5) is 0 Å². The molecule has 22 heavy (non-hydrogen) atoms. The van der Waals surface area contributed by atoms with Crippen LogP contribution in [0.2, 0.25) is 10.0 Å². The van der Waals surface area contributed by atoms with E-state index in [9.17, 15) is 14.7 Å². The van der Waals surface area contributed by atoms with Gasteiger partial charge in [0.05, 0.1) is 0 Å². The number of carboxylic acids is 1. The first kappa shape index (κ1) is 16.8. The molecule has 0 spiro atoms. The molecule has 0 radical (unpaired) electrons. The van der Waals surface area contributed by atoms with Gasteiger partial charge in [-0.1, -0.05) is 35.4 Å². The second kappa shape index (κ2) is 7.65. The highest BCUT2D eigenvalue weighted by Crippen LogP contribution is 2.21. The van der Waals surface area contributed by atoms with E-state index in [4.69, 9.17) is 23.2 Å². The van der Waals surface area contributed by atoms with Gasteiger partial charge in [-0.05, 0) is 42.5 Å². The maximum absolute atomic E-state index is 12.0. The van der Waals surface area contributed by atoms with Crippen LogP contribution in [0.5, 0.6) is 0 Å². The van der Waals surface area contributed by atoms with E-state index >= 15 is 0 Å². The lowest BCUT2D eigenvalue weighted by atomic mass is 10.0. The number of benzene rings is 1. The number of aliphatic carboxylic acids is 1. The monoisotopic (exact) mass is 341 g/mol. The number of halogens is 2. The molecular formula is C16H17Cl2NO3. The van der Waals surface area contributed by atoms with Crippen LogP contribution in [0.25, 0.3) is 0 Å². The predicted molar refractivity (Wildman–Crippen MR) is 86.2 cm³/mol. The van der Waals surface area contributed by atoms with E-state index in [1.807, 2.05) is 12.2 Å². The number of amides is 1. The minimum absolute atomic E-state index is 0.141. The minimum atomic E-state index is -1.08. The maximum Gasteiger partial charge on any atom is 0.326 e. The van der Waals surface area contributed by atoms with Crippen molar-refractivity contribution in [3.05, 3.63) is 46.0 Å². The molecule has 0 fully saturated rings. The van der Waals surface area contributed by atoms with Gasteiger partial charge in [0.15, 0.2) is 0 Å². The standard InChI is InChI=1S/C16H17Cl2NO3/c17-12-5-11(6-13(18)9-12)7-14(16(21)22)19-15(20)8-10-3-1-2-4-10/h1,3,5-6,9-10,14H,2,4,7-8H2,(H,19,20)(H,21,22). The summed E-state index contributed by atoms with van der Waals surface area (Å²) in [5, 5.41) is 12.7. The molecule has 118 valence electrons. The Balaban J connectivity index is 1.98. The molecule has 1 aliphatic carbocycles. The third-order valence-corrected chi connectivity index (χ3v) is 3.99. The van der Waals surface area contributed by atoms with Crippen molar-refractivity contribution in [3.63, 3.8) is 0 Å². The van der Waals surface area contributed by atoms with E-state index < -0.39 is 12.0 Å². The molecule has 2 rings (SSSR count). The lowest BCUT2D eigenvalue weighted by molar-refractivity contribution is -0.141. The van der Waals surface area contributed by atoms with Crippen LogP contribution < -0.4 is 5.32 Å². The summed E-state index contributed by atoms with van der Waals surface area (Å²) >= 11 is 11.8. The lowest BCUT2D eigenvalue weighted by Gasteiger charge is -2.16. The number of carboxylic acid groups (broad SMARTS) is 1. The summed E-state index contributed by atoms with van der Waals surface area (Å²) < 4.78 is 0. The van der Waals surface area contributed by atoms with E-state index in [1.54, 1.807) is 18.2 Å². The quantitative estimate of drug-likeness (QED) is 0.778. The summed E-state index contributed by atoms with van der Waals surface area (Å²) in [4.78, 5) is 23.3. The molecule has 1 aromatic rings. The Labute approximate surface area is 139 Å². The van der Waals surface area contributed by atoms with Crippen molar-refractivity contribution in [2.45, 2.75) is 31.7 Å². The van der Waals surface area contributed by atoms with Crippen LogP contribution in [0, 0.1) is 5.92 Å². The van der Waals surface area contributed by atoms with Crippen molar-refractivity contribution in [2.75, 3.05) is 0 Å². The van der Waals surface area contributed by atoms with Gasteiger partial charge in [-0.15, -0.1) is 0 Å². The molecule has 4 nitrogen and oxygen atoms in total. The van der Waals surface area contributed by atoms with Gasteiger partial charge in [0.1, 0.15) is 6.04 Å². The number of hydrogen-bond donors (Lipinski definition) is 2. The number of hydrogen-bond acceptors (Lipinski definition) is 2. The largest absolute Gasteiger partial charge is 0.480 e. The highest BCUT2D eigenvalue weighted by molar-refractivity contribution is 6.34. The molecule has 6 heteroatoms. The Morgan fingerprint density at radius 3 is 2.50 bits per heavy atom. The molecule has 0 heterocycles. The number of allylic oxidation sites excluding steroid dienone is 2. The van der Waals surface area contributed by atoms with E-state index in [0.29, 0.717) is 22.0 Å². The van der Waals surface area contributed by atoms with Crippen molar-refractivity contribution in [1.29, 1.82) is 0 Å². The lowest BCUT2D eigenvalue weighted by Crippen LogP contribution is -2.42. The Hall–Kier alpha value is -1.52. The SMILES string of the molecule is O=C(CC1C=CCC1)NC(Cc1cc(Cl)cc(Cl)c1)C(=O)O. The second-order valence-corrected chi connectivity index (χ2v) is 6.28. The first-order valence-electron chi connectivity index (χ1n) is 7.08. The number of rotatable bonds is 6. The van der Waals surface area contributed by atoms with Gasteiger partial charge in [-0.25, -0.2) is 4.79 Å². The Morgan fingerprint density at radius 1 is 1.27 bits per heavy atom. The van der Waals surface area contributed by atoms with Gasteiger partial charge in [0.2, 0.25) is 5.91 Å². The molecular weight excluding hydrogens is 325 g/mol. The number of carbonyl (C=O) groups is 2. The Morgan fingerprint density at radius 2 is 1.95 bits per heavy atom. The molecule has 0 saturated carbocycles. The van der Waals surface area contributed by atoms with Crippen molar-refractivity contribution >= 4 is 35.1 Å². The third kappa shape index (κ3) is 5.04. The van der Waals surface area contributed by atoms with Crippen molar-refractivity contribution in [3.8, 4) is 0 Å². The topological polar surface area (TPSA) is 66.4 Å². The fraction of sp³-hybridized carbons (Fsp3) is 0.375. The zero-order chi connectivity index (χ0) is 16.1. The molecule has 0 bridgehead atoms. The molecule has 2 N–H and O–H groups in total. The van der Waals surface area contributed by atoms with E-state index in [1.165, 1.54) is 0 Å². The summed E-state index contributed by atoms with van der Waals surface area (Å²) in [5.74, 6) is -1.13. The minimum Gasteiger partial charge on any atom is -0.480 e. The summed E-state index contributed by atoms with van der Waals surface area (Å²) in [7, 11) is 0. The van der Waals surface area contributed by atoms with Gasteiger partial charge < -0.3 is 10.4 Å². The zero-order valence-electron chi connectivity index (χ0n) is 11.9. The highest BCUT2D eigenvalue weighted by atomic mass is 35.5. The highest BCUT2D eigenvalue weighted by Gasteiger charge is 2.22. The van der Waals surface area contributed by atoms with E-state index in [-0.39, 0.29) is 18.2 Å². The van der Waals surface area contributed by atoms with Gasteiger partial charge in [-0.2, -0.15) is 0 Å². The van der Waals surface area contributed by atoms with Crippen molar-refractivity contribution in [2.24, 2.45) is 5.92 Å². The van der Waals surface area contributed by atoms with Crippen LogP contribution in [0.1, 0.15) is 24.8 Å². The first-order valence-corrected chi connectivity index (χ1v) is 7.83. The number of nitrogens with one attached hydrogen (secondary N) is 1. The van der Waals surface area contributed by atoms with Crippen LogP contribution in [-0.2, 0) is 16.0 Å². The predicted octanol–water partition coefficient (Wildman–Crippen LogP) is 3.46. The first-order chi connectivity index (χ1) is 10.4. The molecule has 1 aliphatic rings. The van der Waals surface area contributed by atoms with Crippen molar-refractivity contribution in [1.82, 2.24) is 5.32 Å². The van der Waals surface area contributed by atoms with Gasteiger partial charge >= 0.3 is 5.97 Å². The summed E-state index contributed by atoms with van der Waals surface area (Å²) in [6, 6.07) is 3.88. The normalized spacial score (nSPS) is 18.2. The molecule has 0 saturated heterocycles. The summed E-state index contributed by atoms with van der Waals surface area (Å²) in [5.41, 5.74) is 0.672. The average molecular weight is 342 g/mol. The maximum atomic E-state index is 12.0. The summed E-state index contributed by atoms with van der Waals surface area (Å²) in [6.45, 7) is 0. The second-order valence-electron chi connectivity index (χ2n) is 5.41. The fourth-order valence-electron chi connectivity index (χ4n) is 2.52. The molecule has 2 atom stereocenters. The van der Waals surface area contributed by atoms with Gasteiger partial charge in [0.25, 0.3) is 0 Å². The van der Waals surface area contributed by atoms with Crippen LogP contribution in [0.3, 0.4) is 0 Å². The van der Waals surface area contributed by atoms with Gasteiger partial charge in [-0.3, -0.25) is 4.79 Å². The fourth-order valence-corrected chi connectivity index (χ4v) is 3.09. The molecule has 1 amide bonds. The molecule has 0 aliphatic heterocycles. The van der Waals surface area contributed by atoms with Crippen LogP contribution in [-0.4, -0.2) is 23.0 Å². The molecule has 0 aromatic heterocycles. The van der Waals surface area contributed by atoms with Crippen LogP contribution in [0.15, 0.2) is 30.4 Å². The van der Waals surface area contributed by atoms with Crippen molar-refractivity contribution < 1.29 is 14.7 Å². The smallest absolute Gasteiger partial charge is 0.326 e. The molecule has 1 aromatic carbocycles. The average Bonchev–Trinajstić information content (AvgIpc) is 2.89. The molecule has 2 unspecified atom stereocenters.